The van der Waals surface area contributed by atoms with E-state index < -0.39 is 10.8 Å². The highest BCUT2D eigenvalue weighted by Crippen LogP contribution is 2.27. The molecule has 1 amide bonds. The van der Waals surface area contributed by atoms with Crippen molar-refractivity contribution in [1.29, 1.82) is 0 Å². The van der Waals surface area contributed by atoms with Gasteiger partial charge in [-0.25, -0.2) is 0 Å². The standard InChI is InChI=1S/C9H6ClN5O3S/c10-5-2-1-4(15(17)18)3-6(5)12-7(16)8-13-14-9(11)19-8/h1-3H,(H2,11,14)(H,12,16). The van der Waals surface area contributed by atoms with Crippen LogP contribution in [0.2, 0.25) is 5.02 Å². The molecule has 8 nitrogen and oxygen atoms in total. The lowest BCUT2D eigenvalue weighted by Gasteiger charge is -2.04. The maximum Gasteiger partial charge on any atom is 0.286 e. The summed E-state index contributed by atoms with van der Waals surface area (Å²) in [5, 5.41) is 20.5. The average molecular weight is 300 g/mol. The molecule has 0 saturated heterocycles. The van der Waals surface area contributed by atoms with E-state index in [1.54, 1.807) is 0 Å². The highest BCUT2D eigenvalue weighted by atomic mass is 35.5. The zero-order valence-electron chi connectivity index (χ0n) is 9.16. The van der Waals surface area contributed by atoms with Crippen molar-refractivity contribution in [2.45, 2.75) is 0 Å². The number of nitrogens with zero attached hydrogens (tertiary/aromatic N) is 3. The zero-order chi connectivity index (χ0) is 14.0. The molecule has 3 N–H and O–H groups in total. The van der Waals surface area contributed by atoms with E-state index in [1.165, 1.54) is 12.1 Å². The molecule has 0 atom stereocenters. The van der Waals surface area contributed by atoms with Gasteiger partial charge < -0.3 is 11.1 Å². The third kappa shape index (κ3) is 2.95. The zero-order valence-corrected chi connectivity index (χ0v) is 10.7. The number of nitrogens with two attached hydrogens (primary N) is 1. The molecule has 0 saturated carbocycles. The number of aromatic nitrogens is 2. The predicted octanol–water partition coefficient (Wildman–Crippen LogP) is 1.93. The van der Waals surface area contributed by atoms with Crippen molar-refractivity contribution in [1.82, 2.24) is 10.2 Å². The number of hydrogen-bond acceptors (Lipinski definition) is 7. The first-order chi connectivity index (χ1) is 8.97. The summed E-state index contributed by atoms with van der Waals surface area (Å²) in [6.45, 7) is 0. The summed E-state index contributed by atoms with van der Waals surface area (Å²) in [5.41, 5.74) is 5.29. The first kappa shape index (κ1) is 13.2. The Morgan fingerprint density at radius 2 is 2.21 bits per heavy atom. The second-order valence-electron chi connectivity index (χ2n) is 3.32. The van der Waals surface area contributed by atoms with Gasteiger partial charge in [-0.15, -0.1) is 10.2 Å². The van der Waals surface area contributed by atoms with Crippen LogP contribution in [0.4, 0.5) is 16.5 Å². The van der Waals surface area contributed by atoms with Gasteiger partial charge in [-0.05, 0) is 6.07 Å². The Balaban J connectivity index is 2.25. The Labute approximate surface area is 115 Å². The van der Waals surface area contributed by atoms with Crippen molar-refractivity contribution in [3.63, 3.8) is 0 Å². The van der Waals surface area contributed by atoms with Crippen LogP contribution in [-0.4, -0.2) is 21.0 Å². The molecule has 0 aliphatic heterocycles. The summed E-state index contributed by atoms with van der Waals surface area (Å²) in [6.07, 6.45) is 0. The minimum atomic E-state index is -0.588. The molecule has 0 aliphatic rings. The normalized spacial score (nSPS) is 10.2. The Hall–Kier alpha value is -2.26. The number of benzene rings is 1. The fourth-order valence-corrected chi connectivity index (χ4v) is 1.89. The van der Waals surface area contributed by atoms with E-state index in [0.717, 1.165) is 17.4 Å². The minimum absolute atomic E-state index is 0.0417. The van der Waals surface area contributed by atoms with Gasteiger partial charge >= 0.3 is 0 Å². The molecule has 0 aliphatic carbocycles. The average Bonchev–Trinajstić information content (AvgIpc) is 2.78. The Morgan fingerprint density at radius 1 is 1.47 bits per heavy atom. The molecule has 2 aromatic rings. The van der Waals surface area contributed by atoms with Crippen molar-refractivity contribution in [2.24, 2.45) is 0 Å². The molecule has 0 fully saturated rings. The van der Waals surface area contributed by atoms with Gasteiger partial charge in [0.25, 0.3) is 11.6 Å². The molecule has 0 unspecified atom stereocenters. The lowest BCUT2D eigenvalue weighted by molar-refractivity contribution is -0.384. The number of anilines is 2. The third-order valence-electron chi connectivity index (χ3n) is 2.04. The highest BCUT2D eigenvalue weighted by Gasteiger charge is 2.16. The van der Waals surface area contributed by atoms with Crippen molar-refractivity contribution in [3.05, 3.63) is 38.3 Å². The van der Waals surface area contributed by atoms with Crippen LogP contribution >= 0.6 is 22.9 Å². The lowest BCUT2D eigenvalue weighted by atomic mass is 10.3. The summed E-state index contributed by atoms with van der Waals surface area (Å²) in [5.74, 6) is -0.586. The molecule has 1 heterocycles. The topological polar surface area (TPSA) is 124 Å². The van der Waals surface area contributed by atoms with Gasteiger partial charge in [0.15, 0.2) is 0 Å². The van der Waals surface area contributed by atoms with Crippen LogP contribution in [-0.2, 0) is 0 Å². The Bertz CT molecular complexity index is 659. The number of nitrogen functional groups attached to an aromatic ring is 1. The van der Waals surface area contributed by atoms with E-state index >= 15 is 0 Å². The molecule has 1 aromatic heterocycles. The van der Waals surface area contributed by atoms with Crippen LogP contribution in [0.3, 0.4) is 0 Å². The number of carbonyl (C=O) groups is 1. The number of hydrogen-bond donors (Lipinski definition) is 2. The Morgan fingerprint density at radius 3 is 2.79 bits per heavy atom. The lowest BCUT2D eigenvalue weighted by Crippen LogP contribution is -2.12. The fourth-order valence-electron chi connectivity index (χ4n) is 1.22. The van der Waals surface area contributed by atoms with Crippen molar-refractivity contribution < 1.29 is 9.72 Å². The van der Waals surface area contributed by atoms with E-state index in [4.69, 9.17) is 17.3 Å². The van der Waals surface area contributed by atoms with Crippen LogP contribution in [0.15, 0.2) is 18.2 Å². The second-order valence-corrected chi connectivity index (χ2v) is 4.74. The smallest absolute Gasteiger partial charge is 0.286 e. The van der Waals surface area contributed by atoms with Gasteiger partial charge in [-0.3, -0.25) is 14.9 Å². The van der Waals surface area contributed by atoms with Crippen molar-refractivity contribution in [2.75, 3.05) is 11.1 Å². The number of amides is 1. The molecule has 2 rings (SSSR count). The number of carbonyl (C=O) groups excluding carboxylic acids is 1. The maximum absolute atomic E-state index is 11.8. The maximum atomic E-state index is 11.8. The molecule has 0 radical (unpaired) electrons. The second kappa shape index (κ2) is 5.16. The molecule has 1 aromatic carbocycles. The minimum Gasteiger partial charge on any atom is -0.374 e. The van der Waals surface area contributed by atoms with Gasteiger partial charge in [-0.2, -0.15) is 0 Å². The quantitative estimate of drug-likeness (QED) is 0.659. The number of nitrogens with one attached hydrogen (secondary N) is 1. The summed E-state index contributed by atoms with van der Waals surface area (Å²) in [4.78, 5) is 21.8. The highest BCUT2D eigenvalue weighted by molar-refractivity contribution is 7.17. The molecule has 0 spiro atoms. The fraction of sp³-hybridized carbons (Fsp3) is 0. The number of nitro groups is 1. The van der Waals surface area contributed by atoms with Gasteiger partial charge in [-0.1, -0.05) is 22.9 Å². The molecule has 10 heteroatoms. The molecule has 0 bridgehead atoms. The van der Waals surface area contributed by atoms with Crippen LogP contribution in [0.1, 0.15) is 9.80 Å². The number of halogens is 1. The van der Waals surface area contributed by atoms with Gasteiger partial charge in [0.05, 0.1) is 15.6 Å². The molecular weight excluding hydrogens is 294 g/mol. The van der Waals surface area contributed by atoms with Crippen molar-refractivity contribution in [3.8, 4) is 0 Å². The summed E-state index contributed by atoms with van der Waals surface area (Å²) >= 11 is 6.74. The summed E-state index contributed by atoms with van der Waals surface area (Å²) in [7, 11) is 0. The van der Waals surface area contributed by atoms with Crippen molar-refractivity contribution >= 4 is 45.4 Å². The van der Waals surface area contributed by atoms with Gasteiger partial charge in [0.1, 0.15) is 0 Å². The van der Waals surface area contributed by atoms with E-state index in [0.29, 0.717) is 0 Å². The first-order valence-corrected chi connectivity index (χ1v) is 6.01. The van der Waals surface area contributed by atoms with Crippen LogP contribution in [0.5, 0.6) is 0 Å². The monoisotopic (exact) mass is 299 g/mol. The van der Waals surface area contributed by atoms with Crippen LogP contribution < -0.4 is 11.1 Å². The predicted molar refractivity (Wildman–Crippen MR) is 70.4 cm³/mol. The molecule has 19 heavy (non-hydrogen) atoms. The van der Waals surface area contributed by atoms with E-state index in [-0.39, 0.29) is 26.5 Å². The largest absolute Gasteiger partial charge is 0.374 e. The van der Waals surface area contributed by atoms with Gasteiger partial charge in [0, 0.05) is 12.1 Å². The SMILES string of the molecule is Nc1nnc(C(=O)Nc2cc([N+](=O)[O-])ccc2Cl)s1. The Kier molecular flexibility index (Phi) is 3.58. The van der Waals surface area contributed by atoms with Crippen LogP contribution in [0.25, 0.3) is 0 Å². The molecular formula is C9H6ClN5O3S. The van der Waals surface area contributed by atoms with E-state index in [1.807, 2.05) is 0 Å². The van der Waals surface area contributed by atoms with Gasteiger partial charge in [0.2, 0.25) is 10.1 Å². The van der Waals surface area contributed by atoms with E-state index in [2.05, 4.69) is 15.5 Å². The van der Waals surface area contributed by atoms with E-state index in [9.17, 15) is 14.9 Å². The number of non-ortho nitro benzene ring substituents is 1. The first-order valence-electron chi connectivity index (χ1n) is 4.81. The number of nitro benzene ring substituents is 1. The molecule has 98 valence electrons. The summed E-state index contributed by atoms with van der Waals surface area (Å²) < 4.78 is 0. The number of rotatable bonds is 3. The summed E-state index contributed by atoms with van der Waals surface area (Å²) in [6, 6.07) is 3.72. The van der Waals surface area contributed by atoms with Crippen LogP contribution in [0, 0.1) is 10.1 Å². The third-order valence-corrected chi connectivity index (χ3v) is 3.12.